The number of fused-ring (bicyclic) bond motifs is 1. The van der Waals surface area contributed by atoms with Crippen molar-refractivity contribution in [3.63, 3.8) is 0 Å². The topological polar surface area (TPSA) is 38.7 Å². The number of hydrogen-bond acceptors (Lipinski definition) is 3. The largest absolute Gasteiger partial charge is 0.504 e. The molecule has 0 amide bonds. The van der Waals surface area contributed by atoms with Crippen molar-refractivity contribution >= 4 is 0 Å². The van der Waals surface area contributed by atoms with Gasteiger partial charge in [0, 0.05) is 0 Å². The van der Waals surface area contributed by atoms with Crippen LogP contribution in [0.2, 0.25) is 0 Å². The molecule has 1 N–H and O–H groups in total. The van der Waals surface area contributed by atoms with Crippen LogP contribution in [0.3, 0.4) is 0 Å². The van der Waals surface area contributed by atoms with Crippen molar-refractivity contribution in [3.05, 3.63) is 17.7 Å². The number of ether oxygens (including phenoxy) is 2. The van der Waals surface area contributed by atoms with Gasteiger partial charge in [-0.05, 0) is 24.6 Å². The van der Waals surface area contributed by atoms with E-state index in [-0.39, 0.29) is 5.75 Å². The van der Waals surface area contributed by atoms with Gasteiger partial charge in [0.15, 0.2) is 11.5 Å². The van der Waals surface area contributed by atoms with Crippen molar-refractivity contribution < 1.29 is 14.6 Å². The summed E-state index contributed by atoms with van der Waals surface area (Å²) in [5.74, 6) is 1.26. The predicted molar refractivity (Wildman–Crippen MR) is 43.8 cm³/mol. The third-order valence-corrected chi connectivity index (χ3v) is 1.77. The minimum Gasteiger partial charge on any atom is -0.504 e. The maximum Gasteiger partial charge on any atom is 0.203 e. The standard InChI is InChI=1S/C9H10O3/c1-6-4-7(10)9-8(5-6)11-2-3-12-9/h4-5,10H,2-3H2,1H3. The Hall–Kier alpha value is -1.38. The summed E-state index contributed by atoms with van der Waals surface area (Å²) in [7, 11) is 0. The molecule has 1 aromatic carbocycles. The molecular formula is C9H10O3. The summed E-state index contributed by atoms with van der Waals surface area (Å²) >= 11 is 0. The Labute approximate surface area is 70.5 Å². The molecule has 0 aliphatic carbocycles. The van der Waals surface area contributed by atoms with E-state index in [0.717, 1.165) is 5.56 Å². The SMILES string of the molecule is Cc1cc(O)c2c(c1)OCCO2. The molecular weight excluding hydrogens is 156 g/mol. The Bertz CT molecular complexity index is 307. The molecule has 12 heavy (non-hydrogen) atoms. The van der Waals surface area contributed by atoms with Crippen molar-refractivity contribution in [3.8, 4) is 17.2 Å². The molecule has 0 aromatic heterocycles. The van der Waals surface area contributed by atoms with Crippen LogP contribution >= 0.6 is 0 Å². The number of benzene rings is 1. The highest BCUT2D eigenvalue weighted by Gasteiger charge is 2.15. The third-order valence-electron chi connectivity index (χ3n) is 1.77. The normalized spacial score (nSPS) is 14.4. The van der Waals surface area contributed by atoms with Gasteiger partial charge in [-0.15, -0.1) is 0 Å². The van der Waals surface area contributed by atoms with E-state index in [1.807, 2.05) is 13.0 Å². The first kappa shape index (κ1) is 7.28. The zero-order valence-corrected chi connectivity index (χ0v) is 6.83. The van der Waals surface area contributed by atoms with Gasteiger partial charge in [0.25, 0.3) is 0 Å². The number of hydrogen-bond donors (Lipinski definition) is 1. The van der Waals surface area contributed by atoms with Crippen LogP contribution in [0.1, 0.15) is 5.56 Å². The van der Waals surface area contributed by atoms with Gasteiger partial charge in [-0.1, -0.05) is 0 Å². The first-order valence-corrected chi connectivity index (χ1v) is 3.86. The Balaban J connectivity index is 2.53. The molecule has 1 aliphatic heterocycles. The fourth-order valence-electron chi connectivity index (χ4n) is 1.27. The molecule has 1 aliphatic rings. The molecule has 0 fully saturated rings. The predicted octanol–water partition coefficient (Wildman–Crippen LogP) is 1.47. The molecule has 2 rings (SSSR count). The molecule has 0 radical (unpaired) electrons. The number of phenols is 1. The molecule has 0 unspecified atom stereocenters. The van der Waals surface area contributed by atoms with E-state index in [1.165, 1.54) is 0 Å². The lowest BCUT2D eigenvalue weighted by molar-refractivity contribution is 0.165. The summed E-state index contributed by atoms with van der Waals surface area (Å²) in [4.78, 5) is 0. The van der Waals surface area contributed by atoms with Crippen molar-refractivity contribution in [2.24, 2.45) is 0 Å². The number of aromatic hydroxyl groups is 1. The highest BCUT2D eigenvalue weighted by Crippen LogP contribution is 2.39. The number of phenolic OH excluding ortho intramolecular Hbond substituents is 1. The zero-order valence-electron chi connectivity index (χ0n) is 6.83. The summed E-state index contributed by atoms with van der Waals surface area (Å²) in [6, 6.07) is 3.52. The Morgan fingerprint density at radius 3 is 2.83 bits per heavy atom. The van der Waals surface area contributed by atoms with E-state index in [1.54, 1.807) is 6.07 Å². The lowest BCUT2D eigenvalue weighted by Crippen LogP contribution is -2.15. The van der Waals surface area contributed by atoms with Gasteiger partial charge in [-0.25, -0.2) is 0 Å². The van der Waals surface area contributed by atoms with Crippen LogP contribution < -0.4 is 9.47 Å². The second-order valence-corrected chi connectivity index (χ2v) is 2.81. The average molecular weight is 166 g/mol. The van der Waals surface area contributed by atoms with Crippen LogP contribution in [0.4, 0.5) is 0 Å². The molecule has 0 atom stereocenters. The molecule has 0 spiro atoms. The van der Waals surface area contributed by atoms with Crippen LogP contribution in [0.15, 0.2) is 12.1 Å². The van der Waals surface area contributed by atoms with Crippen molar-refractivity contribution in [2.45, 2.75) is 6.92 Å². The smallest absolute Gasteiger partial charge is 0.203 e. The molecule has 1 aromatic rings. The van der Waals surface area contributed by atoms with E-state index < -0.39 is 0 Å². The van der Waals surface area contributed by atoms with Gasteiger partial charge in [0.2, 0.25) is 5.75 Å². The Morgan fingerprint density at radius 1 is 1.25 bits per heavy atom. The van der Waals surface area contributed by atoms with E-state index in [9.17, 15) is 5.11 Å². The van der Waals surface area contributed by atoms with Crippen LogP contribution in [0.5, 0.6) is 17.2 Å². The first-order valence-electron chi connectivity index (χ1n) is 3.86. The van der Waals surface area contributed by atoms with E-state index >= 15 is 0 Å². The van der Waals surface area contributed by atoms with Crippen LogP contribution in [0.25, 0.3) is 0 Å². The molecule has 0 saturated carbocycles. The van der Waals surface area contributed by atoms with Gasteiger partial charge in [0.05, 0.1) is 0 Å². The molecule has 3 nitrogen and oxygen atoms in total. The van der Waals surface area contributed by atoms with Crippen molar-refractivity contribution in [1.82, 2.24) is 0 Å². The van der Waals surface area contributed by atoms with Crippen LogP contribution in [0, 0.1) is 6.92 Å². The zero-order chi connectivity index (χ0) is 8.55. The quantitative estimate of drug-likeness (QED) is 0.634. The van der Waals surface area contributed by atoms with E-state index in [4.69, 9.17) is 9.47 Å². The molecule has 1 heterocycles. The van der Waals surface area contributed by atoms with Gasteiger partial charge in [-0.2, -0.15) is 0 Å². The second-order valence-electron chi connectivity index (χ2n) is 2.81. The fourth-order valence-corrected chi connectivity index (χ4v) is 1.27. The molecule has 3 heteroatoms. The molecule has 0 saturated heterocycles. The van der Waals surface area contributed by atoms with E-state index in [2.05, 4.69) is 0 Å². The van der Waals surface area contributed by atoms with Gasteiger partial charge < -0.3 is 14.6 Å². The van der Waals surface area contributed by atoms with Crippen molar-refractivity contribution in [2.75, 3.05) is 13.2 Å². The minimum absolute atomic E-state index is 0.157. The Morgan fingerprint density at radius 2 is 2.00 bits per heavy atom. The highest BCUT2D eigenvalue weighted by atomic mass is 16.6. The van der Waals surface area contributed by atoms with Crippen LogP contribution in [-0.2, 0) is 0 Å². The lowest BCUT2D eigenvalue weighted by atomic mass is 10.2. The summed E-state index contributed by atoms with van der Waals surface area (Å²) in [5, 5.41) is 9.43. The number of aryl methyl sites for hydroxylation is 1. The fraction of sp³-hybridized carbons (Fsp3) is 0.333. The summed E-state index contributed by atoms with van der Waals surface area (Å²) < 4.78 is 10.5. The van der Waals surface area contributed by atoms with Gasteiger partial charge >= 0.3 is 0 Å². The maximum absolute atomic E-state index is 9.43. The summed E-state index contributed by atoms with van der Waals surface area (Å²) in [5.41, 5.74) is 0.969. The van der Waals surface area contributed by atoms with E-state index in [0.29, 0.717) is 24.7 Å². The number of rotatable bonds is 0. The minimum atomic E-state index is 0.157. The Kier molecular flexibility index (Phi) is 1.57. The van der Waals surface area contributed by atoms with Crippen LogP contribution in [-0.4, -0.2) is 18.3 Å². The third kappa shape index (κ3) is 1.07. The first-order chi connectivity index (χ1) is 5.77. The lowest BCUT2D eigenvalue weighted by Gasteiger charge is -2.19. The maximum atomic E-state index is 9.43. The molecule has 64 valence electrons. The van der Waals surface area contributed by atoms with Gasteiger partial charge in [0.1, 0.15) is 13.2 Å². The second kappa shape index (κ2) is 2.59. The summed E-state index contributed by atoms with van der Waals surface area (Å²) in [6.45, 7) is 2.96. The molecule has 0 bridgehead atoms. The highest BCUT2D eigenvalue weighted by molar-refractivity contribution is 5.53. The van der Waals surface area contributed by atoms with Crippen molar-refractivity contribution in [1.29, 1.82) is 0 Å². The monoisotopic (exact) mass is 166 g/mol. The summed E-state index contributed by atoms with van der Waals surface area (Å²) in [6.07, 6.45) is 0. The van der Waals surface area contributed by atoms with Gasteiger partial charge in [-0.3, -0.25) is 0 Å². The average Bonchev–Trinajstić information content (AvgIpc) is 2.04.